The second-order valence-corrected chi connectivity index (χ2v) is 7.17. The zero-order valence-electron chi connectivity index (χ0n) is 13.8. The number of hydrogen-bond donors (Lipinski definition) is 1. The minimum atomic E-state index is -0.497. The molecule has 0 aromatic heterocycles. The molecule has 1 N–H and O–H groups in total. The Morgan fingerprint density at radius 1 is 1.18 bits per heavy atom. The van der Waals surface area contributed by atoms with Gasteiger partial charge < -0.3 is 19.7 Å². The van der Waals surface area contributed by atoms with E-state index in [0.29, 0.717) is 13.2 Å². The highest BCUT2D eigenvalue weighted by Gasteiger charge is 2.42. The molecule has 2 saturated heterocycles. The molecule has 3 rings (SSSR count). The predicted molar refractivity (Wildman–Crippen MR) is 84.6 cm³/mol. The SMILES string of the molecule is CC1([C@@H]2CCCN(C(=O)NCCC3CCCC3)C2)OCCO1. The van der Waals surface area contributed by atoms with E-state index in [2.05, 4.69) is 5.32 Å². The number of hydrogen-bond acceptors (Lipinski definition) is 3. The average Bonchev–Trinajstić information content (AvgIpc) is 3.20. The quantitative estimate of drug-likeness (QED) is 0.868. The summed E-state index contributed by atoms with van der Waals surface area (Å²) in [5.41, 5.74) is 0. The molecule has 126 valence electrons. The van der Waals surface area contributed by atoms with Gasteiger partial charge in [-0.05, 0) is 32.1 Å². The van der Waals surface area contributed by atoms with Gasteiger partial charge in [-0.15, -0.1) is 0 Å². The molecule has 0 unspecified atom stereocenters. The van der Waals surface area contributed by atoms with Crippen molar-refractivity contribution in [1.29, 1.82) is 0 Å². The van der Waals surface area contributed by atoms with Crippen molar-refractivity contribution in [3.8, 4) is 0 Å². The van der Waals surface area contributed by atoms with Crippen molar-refractivity contribution in [3.63, 3.8) is 0 Å². The van der Waals surface area contributed by atoms with Gasteiger partial charge in [-0.1, -0.05) is 25.7 Å². The van der Waals surface area contributed by atoms with Gasteiger partial charge in [0, 0.05) is 25.6 Å². The minimum Gasteiger partial charge on any atom is -0.347 e. The van der Waals surface area contributed by atoms with Crippen LogP contribution in [0.1, 0.15) is 51.9 Å². The number of urea groups is 1. The van der Waals surface area contributed by atoms with Crippen LogP contribution in [0.5, 0.6) is 0 Å². The van der Waals surface area contributed by atoms with Gasteiger partial charge in [-0.25, -0.2) is 4.79 Å². The highest BCUT2D eigenvalue weighted by atomic mass is 16.7. The Hall–Kier alpha value is -0.810. The molecule has 1 aliphatic carbocycles. The van der Waals surface area contributed by atoms with Gasteiger partial charge in [0.05, 0.1) is 13.2 Å². The van der Waals surface area contributed by atoms with Crippen LogP contribution in [0, 0.1) is 11.8 Å². The predicted octanol–water partition coefficient (Wildman–Crippen LogP) is 2.75. The number of amides is 2. The highest BCUT2D eigenvalue weighted by molar-refractivity contribution is 5.74. The van der Waals surface area contributed by atoms with E-state index < -0.39 is 5.79 Å². The monoisotopic (exact) mass is 310 g/mol. The molecular formula is C17H30N2O3. The van der Waals surface area contributed by atoms with Crippen molar-refractivity contribution in [3.05, 3.63) is 0 Å². The van der Waals surface area contributed by atoms with E-state index in [1.54, 1.807) is 0 Å². The van der Waals surface area contributed by atoms with Crippen molar-refractivity contribution in [1.82, 2.24) is 10.2 Å². The van der Waals surface area contributed by atoms with Gasteiger partial charge >= 0.3 is 6.03 Å². The lowest BCUT2D eigenvalue weighted by molar-refractivity contribution is -0.189. The van der Waals surface area contributed by atoms with Crippen LogP contribution in [0.3, 0.4) is 0 Å². The fourth-order valence-electron chi connectivity index (χ4n) is 4.15. The Kier molecular flexibility index (Phi) is 5.24. The molecule has 0 aromatic rings. The zero-order valence-corrected chi connectivity index (χ0v) is 13.8. The first-order chi connectivity index (χ1) is 10.7. The van der Waals surface area contributed by atoms with E-state index in [0.717, 1.165) is 44.8 Å². The second kappa shape index (κ2) is 7.18. The van der Waals surface area contributed by atoms with Gasteiger partial charge in [0.25, 0.3) is 0 Å². The first-order valence-corrected chi connectivity index (χ1v) is 8.98. The number of nitrogens with zero attached hydrogens (tertiary/aromatic N) is 1. The molecule has 2 heterocycles. The molecule has 2 aliphatic heterocycles. The maximum atomic E-state index is 12.4. The van der Waals surface area contributed by atoms with E-state index in [-0.39, 0.29) is 11.9 Å². The lowest BCUT2D eigenvalue weighted by Gasteiger charge is -2.39. The van der Waals surface area contributed by atoms with Crippen molar-refractivity contribution in [2.24, 2.45) is 11.8 Å². The van der Waals surface area contributed by atoms with Crippen molar-refractivity contribution in [2.45, 2.75) is 57.7 Å². The molecule has 2 amide bonds. The lowest BCUT2D eigenvalue weighted by atomic mass is 9.90. The van der Waals surface area contributed by atoms with Gasteiger partial charge in [0.1, 0.15) is 0 Å². The van der Waals surface area contributed by atoms with Crippen molar-refractivity contribution >= 4 is 6.03 Å². The Labute approximate surface area is 133 Å². The van der Waals surface area contributed by atoms with Gasteiger partial charge in [0.15, 0.2) is 5.79 Å². The third kappa shape index (κ3) is 3.74. The third-order valence-corrected chi connectivity index (χ3v) is 5.61. The second-order valence-electron chi connectivity index (χ2n) is 7.17. The number of ether oxygens (including phenoxy) is 2. The van der Waals surface area contributed by atoms with Crippen LogP contribution in [0.15, 0.2) is 0 Å². The van der Waals surface area contributed by atoms with Gasteiger partial charge in [0.2, 0.25) is 0 Å². The van der Waals surface area contributed by atoms with Crippen LogP contribution in [0.4, 0.5) is 4.79 Å². The summed E-state index contributed by atoms with van der Waals surface area (Å²) >= 11 is 0. The minimum absolute atomic E-state index is 0.0873. The maximum Gasteiger partial charge on any atom is 0.317 e. The summed E-state index contributed by atoms with van der Waals surface area (Å²) in [5.74, 6) is 0.612. The standard InChI is InChI=1S/C17H30N2O3/c1-17(21-11-12-22-17)15-7-4-10-19(13-15)16(20)18-9-8-14-5-2-3-6-14/h14-15H,2-13H2,1H3,(H,18,20)/t15-/m1/s1. The average molecular weight is 310 g/mol. The Balaban J connectivity index is 1.43. The number of likely N-dealkylation sites (tertiary alicyclic amines) is 1. The van der Waals surface area contributed by atoms with Crippen LogP contribution in [0.25, 0.3) is 0 Å². The summed E-state index contributed by atoms with van der Waals surface area (Å²) in [7, 11) is 0. The fraction of sp³-hybridized carbons (Fsp3) is 0.941. The van der Waals surface area contributed by atoms with Gasteiger partial charge in [-0.2, -0.15) is 0 Å². The molecular weight excluding hydrogens is 280 g/mol. The highest BCUT2D eigenvalue weighted by Crippen LogP contribution is 2.34. The van der Waals surface area contributed by atoms with Crippen LogP contribution in [-0.2, 0) is 9.47 Å². The summed E-state index contributed by atoms with van der Waals surface area (Å²) in [4.78, 5) is 14.3. The van der Waals surface area contributed by atoms with Gasteiger partial charge in [-0.3, -0.25) is 0 Å². The topological polar surface area (TPSA) is 50.8 Å². The van der Waals surface area contributed by atoms with E-state index in [9.17, 15) is 4.79 Å². The molecule has 5 heteroatoms. The smallest absolute Gasteiger partial charge is 0.317 e. The summed E-state index contributed by atoms with van der Waals surface area (Å²) < 4.78 is 11.6. The summed E-state index contributed by atoms with van der Waals surface area (Å²) in [6, 6.07) is 0.0873. The number of rotatable bonds is 4. The van der Waals surface area contributed by atoms with Crippen molar-refractivity contribution in [2.75, 3.05) is 32.8 Å². The molecule has 1 atom stereocenters. The number of carbonyl (C=O) groups excluding carboxylic acids is 1. The Bertz CT molecular complexity index is 376. The number of carbonyl (C=O) groups is 1. The molecule has 1 saturated carbocycles. The molecule has 3 fully saturated rings. The zero-order chi connectivity index (χ0) is 15.4. The third-order valence-electron chi connectivity index (χ3n) is 5.61. The molecule has 22 heavy (non-hydrogen) atoms. The van der Waals surface area contributed by atoms with Crippen molar-refractivity contribution < 1.29 is 14.3 Å². The van der Waals surface area contributed by atoms with E-state index in [4.69, 9.17) is 9.47 Å². The summed E-state index contributed by atoms with van der Waals surface area (Å²) in [5, 5.41) is 3.11. The Morgan fingerprint density at radius 2 is 1.91 bits per heavy atom. The van der Waals surface area contributed by atoms with E-state index >= 15 is 0 Å². The number of nitrogens with one attached hydrogen (secondary N) is 1. The summed E-state index contributed by atoms with van der Waals surface area (Å²) in [6.07, 6.45) is 8.65. The molecule has 0 radical (unpaired) electrons. The van der Waals surface area contributed by atoms with E-state index in [1.165, 1.54) is 25.7 Å². The molecule has 3 aliphatic rings. The lowest BCUT2D eigenvalue weighted by Crippen LogP contribution is -2.51. The van der Waals surface area contributed by atoms with Crippen LogP contribution < -0.4 is 5.32 Å². The largest absolute Gasteiger partial charge is 0.347 e. The van der Waals surface area contributed by atoms with Crippen LogP contribution in [0.2, 0.25) is 0 Å². The maximum absolute atomic E-state index is 12.4. The first-order valence-electron chi connectivity index (χ1n) is 8.98. The first kappa shape index (κ1) is 16.1. The number of piperidine rings is 1. The summed E-state index contributed by atoms with van der Waals surface area (Å²) in [6.45, 7) is 5.76. The van der Waals surface area contributed by atoms with Crippen LogP contribution >= 0.6 is 0 Å². The Morgan fingerprint density at radius 3 is 2.64 bits per heavy atom. The molecule has 0 aromatic carbocycles. The fourth-order valence-corrected chi connectivity index (χ4v) is 4.15. The van der Waals surface area contributed by atoms with Crippen LogP contribution in [-0.4, -0.2) is 49.6 Å². The van der Waals surface area contributed by atoms with E-state index in [1.807, 2.05) is 11.8 Å². The normalized spacial score (nSPS) is 29.0. The molecule has 5 nitrogen and oxygen atoms in total. The molecule has 0 spiro atoms. The molecule has 0 bridgehead atoms.